The smallest absolute Gasteiger partial charge is 0.251 e. The van der Waals surface area contributed by atoms with Crippen LogP contribution in [-0.2, 0) is 35.3 Å². The lowest BCUT2D eigenvalue weighted by molar-refractivity contribution is -0.118. The van der Waals surface area contributed by atoms with Crippen LogP contribution in [0.15, 0.2) is 0 Å². The van der Waals surface area contributed by atoms with Gasteiger partial charge in [0, 0.05) is 22.6 Å². The van der Waals surface area contributed by atoms with Crippen LogP contribution in [0.2, 0.25) is 0 Å². The summed E-state index contributed by atoms with van der Waals surface area (Å²) in [5, 5.41) is 6.92. The molecule has 10 heteroatoms. The summed E-state index contributed by atoms with van der Waals surface area (Å²) in [6.07, 6.45) is 6.83. The number of hydrogen-bond acceptors (Lipinski definition) is 6. The first kappa shape index (κ1) is 32.2. The maximum atomic E-state index is 12.8. The molecule has 6 N–H and O–H groups in total. The van der Waals surface area contributed by atoms with Gasteiger partial charge >= 0.3 is 0 Å². The minimum atomic E-state index is -0.506. The minimum absolute atomic E-state index is 0.171. The Hall–Kier alpha value is -2.72. The van der Waals surface area contributed by atoms with Gasteiger partial charge in [0.05, 0.1) is 11.1 Å². The van der Waals surface area contributed by atoms with Gasteiger partial charge in [0.1, 0.15) is 10.0 Å². The molecule has 2 unspecified atom stereocenters. The highest BCUT2D eigenvalue weighted by atomic mass is 32.1. The van der Waals surface area contributed by atoms with Crippen LogP contribution in [0.4, 0.5) is 10.0 Å². The molecule has 0 bridgehead atoms. The summed E-state index contributed by atoms with van der Waals surface area (Å²) < 4.78 is 0. The molecule has 2 atom stereocenters. The first-order valence-corrected chi connectivity index (χ1v) is 16.7. The van der Waals surface area contributed by atoms with E-state index in [1.165, 1.54) is 22.7 Å². The van der Waals surface area contributed by atoms with E-state index < -0.39 is 11.8 Å². The highest BCUT2D eigenvalue weighted by molar-refractivity contribution is 7.17. The van der Waals surface area contributed by atoms with Crippen LogP contribution in [-0.4, -0.2) is 23.6 Å². The van der Waals surface area contributed by atoms with Crippen LogP contribution in [0.3, 0.4) is 0 Å². The fourth-order valence-corrected chi connectivity index (χ4v) is 8.99. The van der Waals surface area contributed by atoms with Crippen LogP contribution >= 0.6 is 22.7 Å². The summed E-state index contributed by atoms with van der Waals surface area (Å²) in [6.45, 7) is 13.4. The van der Waals surface area contributed by atoms with Crippen molar-refractivity contribution < 1.29 is 19.2 Å². The largest absolute Gasteiger partial charge is 0.365 e. The minimum Gasteiger partial charge on any atom is -0.365 e. The molecule has 0 radical (unpaired) electrons. The Bertz CT molecular complexity index is 1270. The average Bonchev–Trinajstić information content (AvgIpc) is 3.41. The maximum Gasteiger partial charge on any atom is 0.251 e. The number of thiophene rings is 2. The van der Waals surface area contributed by atoms with Crippen molar-refractivity contribution in [2.75, 3.05) is 10.6 Å². The number of unbranched alkanes of at least 4 members (excludes halogenated alkanes) is 1. The normalized spacial score (nSPS) is 18.6. The number of fused-ring (bicyclic) bond motifs is 2. The highest BCUT2D eigenvalue weighted by Gasteiger charge is 2.35. The lowest BCUT2D eigenvalue weighted by Crippen LogP contribution is -2.27. The topological polar surface area (TPSA) is 144 Å². The molecule has 0 saturated carbocycles. The number of nitrogens with one attached hydrogen (secondary N) is 2. The van der Waals surface area contributed by atoms with Crippen molar-refractivity contribution in [2.24, 2.45) is 34.1 Å². The van der Waals surface area contributed by atoms with Gasteiger partial charge in [0.15, 0.2) is 0 Å². The third-order valence-electron chi connectivity index (χ3n) is 9.04. The van der Waals surface area contributed by atoms with Crippen molar-refractivity contribution in [1.29, 1.82) is 0 Å². The summed E-state index contributed by atoms with van der Waals surface area (Å²) in [5.74, 6) is -0.379. The molecule has 2 aromatic heterocycles. The number of nitrogens with two attached hydrogens (primary N) is 2. The van der Waals surface area contributed by atoms with Crippen LogP contribution in [0.1, 0.15) is 122 Å². The molecule has 2 aliphatic carbocycles. The van der Waals surface area contributed by atoms with Crippen molar-refractivity contribution in [3.63, 3.8) is 0 Å². The number of rotatable bonds is 9. The summed E-state index contributed by atoms with van der Waals surface area (Å²) in [6, 6.07) is 0. The molecule has 2 aromatic rings. The predicted molar refractivity (Wildman–Crippen MR) is 171 cm³/mol. The first-order chi connectivity index (χ1) is 19.6. The fourth-order valence-electron chi connectivity index (χ4n) is 6.30. The highest BCUT2D eigenvalue weighted by Crippen LogP contribution is 2.45. The lowest BCUT2D eigenvalue weighted by Gasteiger charge is -2.33. The molecule has 2 heterocycles. The van der Waals surface area contributed by atoms with E-state index in [0.717, 1.165) is 59.4 Å². The summed E-state index contributed by atoms with van der Waals surface area (Å²) in [7, 11) is 0. The molecule has 0 spiro atoms. The van der Waals surface area contributed by atoms with Gasteiger partial charge in [-0.25, -0.2) is 0 Å². The third kappa shape index (κ3) is 7.25. The van der Waals surface area contributed by atoms with E-state index in [1.807, 2.05) is 0 Å². The number of primary amides is 2. The summed E-state index contributed by atoms with van der Waals surface area (Å²) in [4.78, 5) is 52.4. The zero-order chi connectivity index (χ0) is 31.0. The Kier molecular flexibility index (Phi) is 9.57. The zero-order valence-electron chi connectivity index (χ0n) is 25.8. The second-order valence-electron chi connectivity index (χ2n) is 14.1. The Balaban J connectivity index is 1.30. The molecule has 230 valence electrons. The summed E-state index contributed by atoms with van der Waals surface area (Å²) >= 11 is 2.93. The van der Waals surface area contributed by atoms with E-state index in [1.54, 1.807) is 0 Å². The maximum absolute atomic E-state index is 12.8. The molecule has 4 rings (SSSR count). The fraction of sp³-hybridized carbons (Fsp3) is 0.625. The SMILES string of the molecule is CC(C)(C)C1CCc2c(sc(NC(=O)CCCCC(=O)Nc3sc4c(c3C(N)=O)CCC(C(C)(C)C)C4)c2C(N)=O)C1. The molecule has 8 nitrogen and oxygen atoms in total. The Labute approximate surface area is 257 Å². The van der Waals surface area contributed by atoms with Crippen LogP contribution in [0, 0.1) is 22.7 Å². The van der Waals surface area contributed by atoms with E-state index in [4.69, 9.17) is 11.5 Å². The van der Waals surface area contributed by atoms with Gasteiger partial charge in [0.2, 0.25) is 11.8 Å². The van der Waals surface area contributed by atoms with Crippen molar-refractivity contribution in [3.05, 3.63) is 32.0 Å². The number of anilines is 2. The molecule has 0 aromatic carbocycles. The molecule has 0 saturated heterocycles. The molecule has 2 aliphatic rings. The standard InChI is InChI=1S/C32H46N4O4S2/c1-31(2,3)17-11-13-19-21(15-17)41-29(25(19)27(33)39)35-23(37)9-7-8-10-24(38)36-30-26(28(34)40)20-14-12-18(32(4,5)6)16-22(20)42-30/h17-18H,7-16H2,1-6H3,(H2,33,39)(H2,34,40)(H,35,37)(H,36,38). The van der Waals surface area contributed by atoms with Gasteiger partial charge in [-0.3, -0.25) is 19.2 Å². The Morgan fingerprint density at radius 3 is 1.36 bits per heavy atom. The average molecular weight is 615 g/mol. The Morgan fingerprint density at radius 2 is 1.05 bits per heavy atom. The number of carbonyl (C=O) groups excluding carboxylic acids is 4. The van der Waals surface area contributed by atoms with Crippen LogP contribution in [0.5, 0.6) is 0 Å². The molecule has 4 amide bonds. The van der Waals surface area contributed by atoms with E-state index in [0.29, 0.717) is 45.8 Å². The van der Waals surface area contributed by atoms with Crippen molar-refractivity contribution in [3.8, 4) is 0 Å². The molecular weight excluding hydrogens is 569 g/mol. The second kappa shape index (κ2) is 12.5. The van der Waals surface area contributed by atoms with Gasteiger partial charge in [0.25, 0.3) is 11.8 Å². The van der Waals surface area contributed by atoms with Gasteiger partial charge < -0.3 is 22.1 Å². The van der Waals surface area contributed by atoms with E-state index in [2.05, 4.69) is 52.2 Å². The summed E-state index contributed by atoms with van der Waals surface area (Å²) in [5.41, 5.74) is 14.7. The Morgan fingerprint density at radius 1 is 0.690 bits per heavy atom. The van der Waals surface area contributed by atoms with E-state index >= 15 is 0 Å². The van der Waals surface area contributed by atoms with Crippen LogP contribution < -0.4 is 22.1 Å². The predicted octanol–water partition coefficient (Wildman–Crippen LogP) is 6.45. The number of amides is 4. The van der Waals surface area contributed by atoms with Gasteiger partial charge in [-0.1, -0.05) is 41.5 Å². The first-order valence-electron chi connectivity index (χ1n) is 15.0. The molecule has 0 fully saturated rings. The molecular formula is C32H46N4O4S2. The van der Waals surface area contributed by atoms with Crippen LogP contribution in [0.25, 0.3) is 0 Å². The van der Waals surface area contributed by atoms with E-state index in [9.17, 15) is 19.2 Å². The number of carbonyl (C=O) groups is 4. The number of hydrogen-bond donors (Lipinski definition) is 4. The van der Waals surface area contributed by atoms with Crippen molar-refractivity contribution in [1.82, 2.24) is 0 Å². The van der Waals surface area contributed by atoms with Gasteiger partial charge in [-0.05, 0) is 85.2 Å². The molecule has 42 heavy (non-hydrogen) atoms. The molecule has 0 aliphatic heterocycles. The van der Waals surface area contributed by atoms with Gasteiger partial charge in [-0.2, -0.15) is 0 Å². The van der Waals surface area contributed by atoms with Crippen molar-refractivity contribution in [2.45, 2.75) is 106 Å². The monoisotopic (exact) mass is 614 g/mol. The zero-order valence-corrected chi connectivity index (χ0v) is 27.5. The lowest BCUT2D eigenvalue weighted by atomic mass is 9.72. The van der Waals surface area contributed by atoms with Crippen molar-refractivity contribution >= 4 is 56.3 Å². The van der Waals surface area contributed by atoms with E-state index in [-0.39, 0.29) is 35.5 Å². The van der Waals surface area contributed by atoms with Gasteiger partial charge in [-0.15, -0.1) is 22.7 Å². The quantitative estimate of drug-likeness (QED) is 0.241. The second-order valence-corrected chi connectivity index (χ2v) is 16.3. The third-order valence-corrected chi connectivity index (χ3v) is 11.4.